The van der Waals surface area contributed by atoms with Gasteiger partial charge in [-0.15, -0.1) is 0 Å². The van der Waals surface area contributed by atoms with Crippen molar-refractivity contribution in [3.05, 3.63) is 11.8 Å². The molecule has 14 heavy (non-hydrogen) atoms. The van der Waals surface area contributed by atoms with Gasteiger partial charge in [-0.25, -0.2) is 0 Å². The van der Waals surface area contributed by atoms with Crippen molar-refractivity contribution in [3.63, 3.8) is 0 Å². The summed E-state index contributed by atoms with van der Waals surface area (Å²) >= 11 is 0. The maximum Gasteiger partial charge on any atom is 0.309 e. The molecular formula is C11H20O2Si. The van der Waals surface area contributed by atoms with Crippen molar-refractivity contribution in [3.8, 4) is 0 Å². The minimum absolute atomic E-state index is 0.0530. The first-order chi connectivity index (χ1) is 6.37. The summed E-state index contributed by atoms with van der Waals surface area (Å²) in [5, 5.41) is 0. The summed E-state index contributed by atoms with van der Waals surface area (Å²) in [5.74, 6) is 0.958. The van der Waals surface area contributed by atoms with Crippen molar-refractivity contribution in [2.24, 2.45) is 17.8 Å². The molecule has 3 atom stereocenters. The first kappa shape index (κ1) is 11.5. The van der Waals surface area contributed by atoms with Gasteiger partial charge in [0.15, 0.2) is 0 Å². The molecule has 0 aromatic rings. The van der Waals surface area contributed by atoms with Gasteiger partial charge < -0.3 is 4.74 Å². The standard InChI is InChI=1S/C11H20O2Si/c1-8-9(6-7-14(3,4)5)10(8)11(12)13-2/h6-10H,1-5H3/b7-6+/t8-,9-,10+/m0/s1. The average molecular weight is 212 g/mol. The van der Waals surface area contributed by atoms with E-state index in [0.717, 1.165) is 0 Å². The zero-order valence-corrected chi connectivity index (χ0v) is 10.7. The van der Waals surface area contributed by atoms with E-state index < -0.39 is 8.07 Å². The summed E-state index contributed by atoms with van der Waals surface area (Å²) in [5.41, 5.74) is 2.32. The molecule has 0 heterocycles. The molecule has 1 saturated carbocycles. The Kier molecular flexibility index (Phi) is 3.19. The molecule has 0 bridgehead atoms. The molecule has 1 rings (SSSR count). The Morgan fingerprint density at radius 1 is 1.36 bits per heavy atom. The van der Waals surface area contributed by atoms with Crippen molar-refractivity contribution < 1.29 is 9.53 Å². The van der Waals surface area contributed by atoms with Gasteiger partial charge in [-0.05, 0) is 11.8 Å². The maximum absolute atomic E-state index is 11.3. The SMILES string of the molecule is COC(=O)[C@@H]1[C@@H](C)[C@@H]1/C=C/[Si](C)(C)C. The topological polar surface area (TPSA) is 26.3 Å². The van der Waals surface area contributed by atoms with E-state index in [1.807, 2.05) is 0 Å². The largest absolute Gasteiger partial charge is 0.469 e. The summed E-state index contributed by atoms with van der Waals surface area (Å²) < 4.78 is 4.75. The molecule has 0 spiro atoms. The Hall–Kier alpha value is -0.573. The van der Waals surface area contributed by atoms with E-state index in [0.29, 0.717) is 11.8 Å². The Morgan fingerprint density at radius 3 is 2.36 bits per heavy atom. The number of hydrogen-bond donors (Lipinski definition) is 0. The van der Waals surface area contributed by atoms with Gasteiger partial charge in [0.25, 0.3) is 0 Å². The molecule has 0 aliphatic heterocycles. The van der Waals surface area contributed by atoms with Gasteiger partial charge in [0, 0.05) is 0 Å². The molecule has 0 unspecified atom stereocenters. The summed E-state index contributed by atoms with van der Waals surface area (Å²) in [6.07, 6.45) is 2.22. The van der Waals surface area contributed by atoms with Crippen LogP contribution in [0.3, 0.4) is 0 Å². The third-order valence-corrected chi connectivity index (χ3v) is 3.93. The minimum Gasteiger partial charge on any atom is -0.469 e. The molecule has 2 nitrogen and oxygen atoms in total. The average Bonchev–Trinajstić information content (AvgIpc) is 2.71. The third kappa shape index (κ3) is 2.71. The second kappa shape index (κ2) is 3.89. The zero-order valence-electron chi connectivity index (χ0n) is 9.70. The lowest BCUT2D eigenvalue weighted by atomic mass is 10.3. The van der Waals surface area contributed by atoms with Crippen LogP contribution in [-0.2, 0) is 9.53 Å². The highest BCUT2D eigenvalue weighted by Gasteiger charge is 2.50. The van der Waals surface area contributed by atoms with Crippen LogP contribution < -0.4 is 0 Å². The zero-order chi connectivity index (χ0) is 10.9. The second-order valence-electron chi connectivity index (χ2n) is 5.21. The first-order valence-electron chi connectivity index (χ1n) is 5.14. The molecule has 1 aliphatic rings. The highest BCUT2D eigenvalue weighted by atomic mass is 28.3. The molecule has 0 aromatic carbocycles. The van der Waals surface area contributed by atoms with Crippen molar-refractivity contribution in [2.75, 3.05) is 7.11 Å². The molecule has 0 N–H and O–H groups in total. The molecule has 80 valence electrons. The lowest BCUT2D eigenvalue weighted by Gasteiger charge is -2.07. The van der Waals surface area contributed by atoms with E-state index in [2.05, 4.69) is 38.3 Å². The normalized spacial score (nSPS) is 31.9. The van der Waals surface area contributed by atoms with Crippen molar-refractivity contribution in [1.82, 2.24) is 0 Å². The molecule has 3 heteroatoms. The Labute approximate surface area is 87.3 Å². The van der Waals surface area contributed by atoms with Crippen molar-refractivity contribution in [1.29, 1.82) is 0 Å². The lowest BCUT2D eigenvalue weighted by molar-refractivity contribution is -0.142. The van der Waals surface area contributed by atoms with Crippen LogP contribution in [0.25, 0.3) is 0 Å². The van der Waals surface area contributed by atoms with Crippen molar-refractivity contribution in [2.45, 2.75) is 26.6 Å². The number of allylic oxidation sites excluding steroid dienone is 1. The number of ether oxygens (including phenoxy) is 1. The van der Waals surface area contributed by atoms with E-state index in [-0.39, 0.29) is 11.9 Å². The first-order valence-corrected chi connectivity index (χ1v) is 8.72. The van der Waals surface area contributed by atoms with E-state index in [4.69, 9.17) is 4.74 Å². The van der Waals surface area contributed by atoms with Crippen LogP contribution in [-0.4, -0.2) is 21.2 Å². The molecule has 0 amide bonds. The van der Waals surface area contributed by atoms with E-state index in [1.54, 1.807) is 0 Å². The molecule has 0 aromatic heterocycles. The maximum atomic E-state index is 11.3. The smallest absolute Gasteiger partial charge is 0.309 e. The Balaban J connectivity index is 2.51. The molecule has 0 radical (unpaired) electrons. The fourth-order valence-corrected chi connectivity index (χ4v) is 2.50. The monoisotopic (exact) mass is 212 g/mol. The molecule has 1 fully saturated rings. The van der Waals surface area contributed by atoms with Crippen molar-refractivity contribution >= 4 is 14.0 Å². The Morgan fingerprint density at radius 2 is 1.93 bits per heavy atom. The van der Waals surface area contributed by atoms with Gasteiger partial charge in [0.1, 0.15) is 0 Å². The van der Waals surface area contributed by atoms with Crippen LogP contribution in [0.1, 0.15) is 6.92 Å². The number of carbonyl (C=O) groups excluding carboxylic acids is 1. The number of methoxy groups -OCH3 is 1. The fraction of sp³-hybridized carbons (Fsp3) is 0.727. The minimum atomic E-state index is -1.12. The van der Waals surface area contributed by atoms with Crippen LogP contribution in [0.2, 0.25) is 19.6 Å². The third-order valence-electron chi connectivity index (χ3n) is 2.74. The summed E-state index contributed by atoms with van der Waals surface area (Å²) in [4.78, 5) is 11.3. The second-order valence-corrected chi connectivity index (χ2v) is 10.3. The van der Waals surface area contributed by atoms with E-state index >= 15 is 0 Å². The van der Waals surface area contributed by atoms with Gasteiger partial charge in [-0.2, -0.15) is 0 Å². The highest BCUT2D eigenvalue weighted by Crippen LogP contribution is 2.47. The number of carbonyl (C=O) groups is 1. The van der Waals surface area contributed by atoms with Gasteiger partial charge >= 0.3 is 5.97 Å². The molecular weight excluding hydrogens is 192 g/mol. The van der Waals surface area contributed by atoms with Gasteiger partial charge in [0.2, 0.25) is 0 Å². The predicted octanol–water partition coefficient (Wildman–Crippen LogP) is 2.48. The van der Waals surface area contributed by atoms with Crippen LogP contribution in [0.4, 0.5) is 0 Å². The van der Waals surface area contributed by atoms with Gasteiger partial charge in [0.05, 0.1) is 21.1 Å². The highest BCUT2D eigenvalue weighted by molar-refractivity contribution is 6.80. The number of esters is 1. The van der Waals surface area contributed by atoms with Crippen LogP contribution >= 0.6 is 0 Å². The predicted molar refractivity (Wildman–Crippen MR) is 60.6 cm³/mol. The summed E-state index contributed by atoms with van der Waals surface area (Å²) in [6, 6.07) is 0. The van der Waals surface area contributed by atoms with Crippen LogP contribution in [0, 0.1) is 17.8 Å². The van der Waals surface area contributed by atoms with Crippen LogP contribution in [0.5, 0.6) is 0 Å². The fourth-order valence-electron chi connectivity index (χ4n) is 1.70. The van der Waals surface area contributed by atoms with E-state index in [1.165, 1.54) is 7.11 Å². The Bertz CT molecular complexity index is 253. The number of rotatable bonds is 3. The van der Waals surface area contributed by atoms with Gasteiger partial charge in [-0.3, -0.25) is 4.79 Å². The number of hydrogen-bond acceptors (Lipinski definition) is 2. The van der Waals surface area contributed by atoms with E-state index in [9.17, 15) is 4.79 Å². The summed E-state index contributed by atoms with van der Waals surface area (Å²) in [6.45, 7) is 9.00. The van der Waals surface area contributed by atoms with Crippen LogP contribution in [0.15, 0.2) is 11.8 Å². The lowest BCUT2D eigenvalue weighted by Crippen LogP contribution is -2.15. The molecule has 1 aliphatic carbocycles. The van der Waals surface area contributed by atoms with Gasteiger partial charge in [-0.1, -0.05) is 38.3 Å². The quantitative estimate of drug-likeness (QED) is 0.530. The molecule has 0 saturated heterocycles. The summed E-state index contributed by atoms with van der Waals surface area (Å²) in [7, 11) is 0.348.